The number of hydrogen-bond donors (Lipinski definition) is 0. The van der Waals surface area contributed by atoms with Gasteiger partial charge in [-0.25, -0.2) is 0 Å². The minimum atomic E-state index is 0.957. The summed E-state index contributed by atoms with van der Waals surface area (Å²) in [6.45, 7) is 5.11. The Morgan fingerprint density at radius 1 is 1.06 bits per heavy atom. The van der Waals surface area contributed by atoms with Gasteiger partial charge in [0.15, 0.2) is 0 Å². The van der Waals surface area contributed by atoms with Crippen LogP contribution >= 0.6 is 0 Å². The minimum absolute atomic E-state index is 0.957. The van der Waals surface area contributed by atoms with Crippen molar-refractivity contribution in [1.82, 2.24) is 15.1 Å². The molecule has 3 nitrogen and oxygen atoms in total. The number of benzene rings is 1. The fourth-order valence-electron chi connectivity index (χ4n) is 1.94. The Bertz CT molecular complexity index is 530. The van der Waals surface area contributed by atoms with E-state index in [0.717, 1.165) is 17.8 Å². The van der Waals surface area contributed by atoms with Gasteiger partial charge in [0.1, 0.15) is 0 Å². The van der Waals surface area contributed by atoms with Gasteiger partial charge in [-0.15, -0.1) is 0 Å². The maximum atomic E-state index is 4.24. The number of nitrogens with zero attached hydrogens (tertiary/aromatic N) is 3. The summed E-state index contributed by atoms with van der Waals surface area (Å²) >= 11 is 0. The first kappa shape index (κ1) is 12.7. The SMILES string of the molecule is Cc1cnnc(-c2ccc(CN(C)C)cc2)c1C. The van der Waals surface area contributed by atoms with Crippen molar-refractivity contribution in [1.29, 1.82) is 0 Å². The van der Waals surface area contributed by atoms with Crippen molar-refractivity contribution in [3.8, 4) is 11.3 Å². The molecule has 0 spiro atoms. The van der Waals surface area contributed by atoms with Crippen LogP contribution in [0.4, 0.5) is 0 Å². The normalized spacial score (nSPS) is 10.9. The summed E-state index contributed by atoms with van der Waals surface area (Å²) in [7, 11) is 4.15. The van der Waals surface area contributed by atoms with E-state index in [4.69, 9.17) is 0 Å². The van der Waals surface area contributed by atoms with Gasteiger partial charge in [0, 0.05) is 12.1 Å². The molecule has 3 heteroatoms. The molecule has 1 aromatic carbocycles. The second-order valence-electron chi connectivity index (χ2n) is 4.94. The largest absolute Gasteiger partial charge is 0.305 e. The molecule has 94 valence electrons. The summed E-state index contributed by atoms with van der Waals surface area (Å²) in [6, 6.07) is 8.54. The highest BCUT2D eigenvalue weighted by molar-refractivity contribution is 5.63. The smallest absolute Gasteiger partial charge is 0.0961 e. The molecular weight excluding hydrogens is 222 g/mol. The lowest BCUT2D eigenvalue weighted by Gasteiger charge is -2.11. The summed E-state index contributed by atoms with van der Waals surface area (Å²) < 4.78 is 0. The first-order valence-corrected chi connectivity index (χ1v) is 6.11. The van der Waals surface area contributed by atoms with Gasteiger partial charge in [0.2, 0.25) is 0 Å². The van der Waals surface area contributed by atoms with Crippen LogP contribution in [0.5, 0.6) is 0 Å². The molecule has 0 radical (unpaired) electrons. The van der Waals surface area contributed by atoms with Gasteiger partial charge >= 0.3 is 0 Å². The zero-order valence-electron chi connectivity index (χ0n) is 11.4. The highest BCUT2D eigenvalue weighted by Gasteiger charge is 2.06. The molecule has 0 bridgehead atoms. The Kier molecular flexibility index (Phi) is 3.72. The Morgan fingerprint density at radius 2 is 1.72 bits per heavy atom. The van der Waals surface area contributed by atoms with Crippen LogP contribution in [-0.4, -0.2) is 29.2 Å². The summed E-state index contributed by atoms with van der Waals surface area (Å²) in [5, 5.41) is 8.27. The maximum absolute atomic E-state index is 4.24. The van der Waals surface area contributed by atoms with Crippen molar-refractivity contribution in [3.05, 3.63) is 47.2 Å². The van der Waals surface area contributed by atoms with E-state index in [-0.39, 0.29) is 0 Å². The monoisotopic (exact) mass is 241 g/mol. The summed E-state index contributed by atoms with van der Waals surface area (Å²) in [6.07, 6.45) is 1.80. The van der Waals surface area contributed by atoms with Gasteiger partial charge in [-0.3, -0.25) is 0 Å². The van der Waals surface area contributed by atoms with Gasteiger partial charge < -0.3 is 4.90 Å². The van der Waals surface area contributed by atoms with Gasteiger partial charge in [0.05, 0.1) is 11.9 Å². The Hall–Kier alpha value is -1.74. The average molecular weight is 241 g/mol. The lowest BCUT2D eigenvalue weighted by atomic mass is 10.0. The lowest BCUT2D eigenvalue weighted by molar-refractivity contribution is 0.402. The number of aromatic nitrogens is 2. The topological polar surface area (TPSA) is 29.0 Å². The van der Waals surface area contributed by atoms with Crippen molar-refractivity contribution in [2.45, 2.75) is 20.4 Å². The molecule has 0 amide bonds. The third-order valence-corrected chi connectivity index (χ3v) is 3.08. The predicted octanol–water partition coefficient (Wildman–Crippen LogP) is 2.82. The van der Waals surface area contributed by atoms with Crippen LogP contribution in [-0.2, 0) is 6.54 Å². The molecule has 0 saturated carbocycles. The quantitative estimate of drug-likeness (QED) is 0.827. The van der Waals surface area contributed by atoms with Gasteiger partial charge in [-0.1, -0.05) is 24.3 Å². The molecule has 0 N–H and O–H groups in total. The molecule has 0 aliphatic rings. The molecule has 0 aliphatic heterocycles. The molecule has 2 aromatic rings. The molecule has 18 heavy (non-hydrogen) atoms. The van der Waals surface area contributed by atoms with Crippen molar-refractivity contribution in [3.63, 3.8) is 0 Å². The fraction of sp³-hybridized carbons (Fsp3) is 0.333. The molecule has 1 heterocycles. The molecule has 2 rings (SSSR count). The highest BCUT2D eigenvalue weighted by atomic mass is 15.1. The first-order chi connectivity index (χ1) is 8.58. The number of aryl methyl sites for hydroxylation is 1. The predicted molar refractivity (Wildman–Crippen MR) is 74.3 cm³/mol. The van der Waals surface area contributed by atoms with Crippen molar-refractivity contribution in [2.24, 2.45) is 0 Å². The molecule has 0 saturated heterocycles. The van der Waals surface area contributed by atoms with E-state index in [1.165, 1.54) is 16.7 Å². The fourth-order valence-corrected chi connectivity index (χ4v) is 1.94. The molecule has 1 aromatic heterocycles. The summed E-state index contributed by atoms with van der Waals surface area (Å²) in [4.78, 5) is 2.16. The Balaban J connectivity index is 2.32. The maximum Gasteiger partial charge on any atom is 0.0961 e. The van der Waals surface area contributed by atoms with Crippen LogP contribution in [0.2, 0.25) is 0 Å². The second kappa shape index (κ2) is 5.27. The standard InChI is InChI=1S/C15H19N3/c1-11-9-16-17-15(12(11)2)14-7-5-13(6-8-14)10-18(3)4/h5-9H,10H2,1-4H3. The van der Waals surface area contributed by atoms with E-state index < -0.39 is 0 Å². The molecular formula is C15H19N3. The number of rotatable bonds is 3. The third kappa shape index (κ3) is 2.74. The zero-order chi connectivity index (χ0) is 13.1. The molecule has 0 aliphatic carbocycles. The molecule has 0 fully saturated rings. The van der Waals surface area contributed by atoms with Crippen LogP contribution in [0.3, 0.4) is 0 Å². The van der Waals surface area contributed by atoms with Gasteiger partial charge in [-0.2, -0.15) is 10.2 Å². The minimum Gasteiger partial charge on any atom is -0.305 e. The molecule has 0 atom stereocenters. The average Bonchev–Trinajstić information content (AvgIpc) is 2.33. The van der Waals surface area contributed by atoms with E-state index in [0.29, 0.717) is 0 Å². The Morgan fingerprint density at radius 3 is 2.33 bits per heavy atom. The Labute approximate surface area is 108 Å². The second-order valence-corrected chi connectivity index (χ2v) is 4.94. The van der Waals surface area contributed by atoms with E-state index in [2.05, 4.69) is 67.3 Å². The van der Waals surface area contributed by atoms with Crippen molar-refractivity contribution < 1.29 is 0 Å². The first-order valence-electron chi connectivity index (χ1n) is 6.11. The summed E-state index contributed by atoms with van der Waals surface area (Å²) in [5.41, 5.74) is 5.79. The van der Waals surface area contributed by atoms with E-state index in [1.54, 1.807) is 6.20 Å². The number of hydrogen-bond acceptors (Lipinski definition) is 3. The third-order valence-electron chi connectivity index (χ3n) is 3.08. The van der Waals surface area contributed by atoms with Crippen LogP contribution in [0.25, 0.3) is 11.3 Å². The van der Waals surface area contributed by atoms with Gasteiger partial charge in [0.25, 0.3) is 0 Å². The van der Waals surface area contributed by atoms with Crippen LogP contribution in [0, 0.1) is 13.8 Å². The zero-order valence-corrected chi connectivity index (χ0v) is 11.4. The van der Waals surface area contributed by atoms with Crippen molar-refractivity contribution in [2.75, 3.05) is 14.1 Å². The van der Waals surface area contributed by atoms with E-state index in [9.17, 15) is 0 Å². The van der Waals surface area contributed by atoms with Crippen LogP contribution < -0.4 is 0 Å². The molecule has 0 unspecified atom stereocenters. The van der Waals surface area contributed by atoms with Gasteiger partial charge in [-0.05, 0) is 44.6 Å². The highest BCUT2D eigenvalue weighted by Crippen LogP contribution is 2.22. The van der Waals surface area contributed by atoms with Crippen LogP contribution in [0.15, 0.2) is 30.5 Å². The van der Waals surface area contributed by atoms with Crippen LogP contribution in [0.1, 0.15) is 16.7 Å². The van der Waals surface area contributed by atoms with E-state index in [1.807, 2.05) is 0 Å². The van der Waals surface area contributed by atoms with E-state index >= 15 is 0 Å². The van der Waals surface area contributed by atoms with Crippen molar-refractivity contribution >= 4 is 0 Å². The lowest BCUT2D eigenvalue weighted by Crippen LogP contribution is -2.10. The summed E-state index contributed by atoms with van der Waals surface area (Å²) in [5.74, 6) is 0.